The normalized spacial score (nSPS) is 13.6. The molecule has 0 atom stereocenters. The molecular weight excluding hydrogens is 864 g/mol. The first-order valence-corrected chi connectivity index (χ1v) is 24.9. The highest BCUT2D eigenvalue weighted by Gasteiger charge is 2.46. The summed E-state index contributed by atoms with van der Waals surface area (Å²) in [7, 11) is 0. The molecule has 0 bridgehead atoms. The molecule has 68 heavy (non-hydrogen) atoms. The van der Waals surface area contributed by atoms with Crippen LogP contribution >= 0.6 is 23.5 Å². The van der Waals surface area contributed by atoms with Crippen molar-refractivity contribution in [3.8, 4) is 0 Å². The summed E-state index contributed by atoms with van der Waals surface area (Å²) in [6, 6.07) is 82.4. The second-order valence-corrected chi connectivity index (χ2v) is 20.1. The molecule has 0 N–H and O–H groups in total. The highest BCUT2D eigenvalue weighted by atomic mass is 32.2. The highest BCUT2D eigenvalue weighted by Crippen LogP contribution is 2.50. The van der Waals surface area contributed by atoms with E-state index in [-0.39, 0.29) is 13.4 Å². The van der Waals surface area contributed by atoms with Crippen LogP contribution in [0.3, 0.4) is 0 Å². The molecule has 0 fully saturated rings. The van der Waals surface area contributed by atoms with Gasteiger partial charge in [-0.1, -0.05) is 168 Å². The molecule has 4 nitrogen and oxygen atoms in total. The van der Waals surface area contributed by atoms with Gasteiger partial charge in [-0.3, -0.25) is 0 Å². The van der Waals surface area contributed by atoms with E-state index in [1.807, 2.05) is 23.5 Å². The van der Waals surface area contributed by atoms with E-state index in [0.29, 0.717) is 0 Å². The molecule has 0 unspecified atom stereocenters. The molecule has 8 heteroatoms. The first kappa shape index (κ1) is 38.3. The molecule has 5 heterocycles. The molecule has 4 aliphatic heterocycles. The van der Waals surface area contributed by atoms with Gasteiger partial charge < -0.3 is 19.1 Å². The Hall–Kier alpha value is -7.77. The fourth-order valence-electron chi connectivity index (χ4n) is 11.6. The summed E-state index contributed by atoms with van der Waals surface area (Å²) >= 11 is 3.81. The van der Waals surface area contributed by atoms with Gasteiger partial charge >= 0.3 is 0 Å². The van der Waals surface area contributed by atoms with E-state index in [2.05, 4.69) is 239 Å². The van der Waals surface area contributed by atoms with Crippen molar-refractivity contribution in [1.29, 1.82) is 0 Å². The van der Waals surface area contributed by atoms with Crippen LogP contribution in [0.15, 0.2) is 248 Å². The Kier molecular flexibility index (Phi) is 8.38. The quantitative estimate of drug-likeness (QED) is 0.159. The fraction of sp³-hybridized carbons (Fsp3) is 0. The van der Waals surface area contributed by atoms with Crippen LogP contribution in [0.2, 0.25) is 0 Å². The van der Waals surface area contributed by atoms with E-state index >= 15 is 0 Å². The Bertz CT molecular complexity index is 3810. The van der Waals surface area contributed by atoms with Crippen LogP contribution in [0.1, 0.15) is 0 Å². The van der Waals surface area contributed by atoms with Crippen LogP contribution < -0.4 is 47.5 Å². The maximum atomic E-state index is 6.77. The minimum absolute atomic E-state index is 0.00831. The van der Waals surface area contributed by atoms with Gasteiger partial charge in [0.1, 0.15) is 11.2 Å². The maximum absolute atomic E-state index is 6.77. The SMILES string of the molecule is c1ccc(N(c2ccccc2)c2cc3c4c(c2)N(c2ccccc2)c2ccccc2B4c2cc4c(cc2S3)Sc2cc3oc5ccccc5c3c3c2B4c2ccccc2N3c2ccccc2)cc1. The van der Waals surface area contributed by atoms with Crippen LogP contribution in [0.5, 0.6) is 0 Å². The highest BCUT2D eigenvalue weighted by molar-refractivity contribution is 8.01. The molecule has 10 aromatic carbocycles. The fourth-order valence-corrected chi connectivity index (χ4v) is 14.1. The van der Waals surface area contributed by atoms with Crippen molar-refractivity contribution in [2.75, 3.05) is 14.7 Å². The molecule has 1 aromatic heterocycles. The monoisotopic (exact) mass is 901 g/mol. The molecular formula is C60H37B2N3OS2. The lowest BCUT2D eigenvalue weighted by Gasteiger charge is -2.43. The van der Waals surface area contributed by atoms with Gasteiger partial charge in [0, 0.05) is 70.5 Å². The number of furan rings is 1. The van der Waals surface area contributed by atoms with Gasteiger partial charge in [0.2, 0.25) is 13.4 Å². The van der Waals surface area contributed by atoms with Gasteiger partial charge in [-0.2, -0.15) is 0 Å². The number of fused-ring (bicyclic) bond motifs is 12. The van der Waals surface area contributed by atoms with Crippen LogP contribution in [0, 0.1) is 0 Å². The standard InChI is InChI=1S/C60H37B2N3OS2/c1-5-19-38(20-6-1)63(39-21-7-2-8-22-39)42-33-50-58-55(34-42)67-53-37-54-47(35-46(53)61(58)44-28-14-16-30-48(44)64(50)40-23-9-3-10-24-40)62-45-29-15-17-31-49(45)65(41-25-11-4-12-26-41)60-57-43-27-13-18-32-51(43)66-52(57)36-56(68-54)59(60)62/h1-37H. The Morgan fingerprint density at radius 2 is 0.882 bits per heavy atom. The molecule has 0 radical (unpaired) electrons. The minimum Gasteiger partial charge on any atom is -0.456 e. The van der Waals surface area contributed by atoms with E-state index in [4.69, 9.17) is 4.42 Å². The lowest BCUT2D eigenvalue weighted by Crippen LogP contribution is -2.63. The summed E-state index contributed by atoms with van der Waals surface area (Å²) in [5.41, 5.74) is 20.3. The van der Waals surface area contributed by atoms with Crippen molar-refractivity contribution in [2.45, 2.75) is 19.6 Å². The number of rotatable bonds is 5. The van der Waals surface area contributed by atoms with Gasteiger partial charge in [-0.05, 0) is 113 Å². The molecule has 0 saturated heterocycles. The van der Waals surface area contributed by atoms with Gasteiger partial charge in [0.15, 0.2) is 0 Å². The molecule has 0 spiro atoms. The lowest BCUT2D eigenvalue weighted by atomic mass is 9.31. The van der Waals surface area contributed by atoms with E-state index in [9.17, 15) is 0 Å². The van der Waals surface area contributed by atoms with E-state index in [1.54, 1.807) is 0 Å². The summed E-state index contributed by atoms with van der Waals surface area (Å²) in [6.45, 7) is 0.0217. The van der Waals surface area contributed by atoms with Gasteiger partial charge in [-0.15, -0.1) is 0 Å². The van der Waals surface area contributed by atoms with Crippen molar-refractivity contribution in [1.82, 2.24) is 0 Å². The van der Waals surface area contributed by atoms with Gasteiger partial charge in [-0.25, -0.2) is 0 Å². The molecule has 15 rings (SSSR count). The molecule has 0 saturated carbocycles. The Balaban J connectivity index is 0.991. The van der Waals surface area contributed by atoms with E-state index in [0.717, 1.165) is 50.4 Å². The molecule has 0 aliphatic carbocycles. The molecule has 4 aliphatic rings. The summed E-state index contributed by atoms with van der Waals surface area (Å²) in [6.07, 6.45) is 0. The van der Waals surface area contributed by atoms with E-state index < -0.39 is 0 Å². The van der Waals surface area contributed by atoms with E-state index in [1.165, 1.54) is 75.1 Å². The third-order valence-electron chi connectivity index (χ3n) is 14.3. The summed E-state index contributed by atoms with van der Waals surface area (Å²) in [5, 5.41) is 2.30. The van der Waals surface area contributed by atoms with Crippen molar-refractivity contribution >= 4 is 143 Å². The zero-order chi connectivity index (χ0) is 44.5. The summed E-state index contributed by atoms with van der Waals surface area (Å²) < 4.78 is 6.77. The largest absolute Gasteiger partial charge is 0.456 e. The van der Waals surface area contributed by atoms with Gasteiger partial charge in [0.25, 0.3) is 0 Å². The number of nitrogens with zero attached hydrogens (tertiary/aromatic N) is 3. The maximum Gasteiger partial charge on any atom is 0.249 e. The van der Waals surface area contributed by atoms with Crippen molar-refractivity contribution in [3.05, 3.63) is 224 Å². The predicted molar refractivity (Wildman–Crippen MR) is 288 cm³/mol. The van der Waals surface area contributed by atoms with Crippen LogP contribution in [0.25, 0.3) is 21.9 Å². The number of hydrogen-bond acceptors (Lipinski definition) is 6. The van der Waals surface area contributed by atoms with Crippen LogP contribution in [-0.4, -0.2) is 13.4 Å². The second kappa shape index (κ2) is 14.9. The lowest BCUT2D eigenvalue weighted by molar-refractivity contribution is 0.668. The van der Waals surface area contributed by atoms with Crippen molar-refractivity contribution in [2.24, 2.45) is 0 Å². The smallest absolute Gasteiger partial charge is 0.249 e. The van der Waals surface area contributed by atoms with Crippen LogP contribution in [-0.2, 0) is 0 Å². The first-order valence-electron chi connectivity index (χ1n) is 23.2. The molecule has 316 valence electrons. The average Bonchev–Trinajstić information content (AvgIpc) is 3.77. The summed E-state index contributed by atoms with van der Waals surface area (Å²) in [5.74, 6) is 0. The van der Waals surface area contributed by atoms with Crippen LogP contribution in [0.4, 0.5) is 51.2 Å². The zero-order valence-electron chi connectivity index (χ0n) is 36.6. The number of benzene rings is 10. The first-order chi connectivity index (χ1) is 33.7. The second-order valence-electron chi connectivity index (χ2n) is 17.9. The number of hydrogen-bond donors (Lipinski definition) is 0. The number of para-hydroxylation sites is 7. The average molecular weight is 902 g/mol. The molecule has 0 amide bonds. The zero-order valence-corrected chi connectivity index (χ0v) is 38.2. The van der Waals surface area contributed by atoms with Crippen molar-refractivity contribution in [3.63, 3.8) is 0 Å². The molecule has 11 aromatic rings. The Morgan fingerprint density at radius 1 is 0.368 bits per heavy atom. The third-order valence-corrected chi connectivity index (χ3v) is 16.5. The minimum atomic E-state index is 0.00831. The third kappa shape index (κ3) is 5.56. The van der Waals surface area contributed by atoms with Crippen molar-refractivity contribution < 1.29 is 4.42 Å². The Labute approximate surface area is 403 Å². The van der Waals surface area contributed by atoms with Gasteiger partial charge in [0.05, 0.1) is 11.1 Å². The Morgan fingerprint density at radius 3 is 1.53 bits per heavy atom. The summed E-state index contributed by atoms with van der Waals surface area (Å²) in [4.78, 5) is 12.5. The topological polar surface area (TPSA) is 22.9 Å². The number of anilines is 9. The predicted octanol–water partition coefficient (Wildman–Crippen LogP) is 12.6.